The lowest BCUT2D eigenvalue weighted by Gasteiger charge is -2.42. The molecule has 0 amide bonds. The third-order valence-electron chi connectivity index (χ3n) is 3.25. The third kappa shape index (κ3) is 0.867. The van der Waals surface area contributed by atoms with Gasteiger partial charge < -0.3 is 0 Å². The van der Waals surface area contributed by atoms with Gasteiger partial charge in [-0.3, -0.25) is 4.79 Å². The molecule has 0 aliphatic heterocycles. The summed E-state index contributed by atoms with van der Waals surface area (Å²) in [5, 5.41) is 0. The van der Waals surface area contributed by atoms with Gasteiger partial charge in [-0.15, -0.1) is 0 Å². The number of hydrogen-bond acceptors (Lipinski definition) is 1. The van der Waals surface area contributed by atoms with E-state index in [4.69, 9.17) is 0 Å². The topological polar surface area (TPSA) is 17.1 Å². The zero-order valence-corrected chi connectivity index (χ0v) is 7.13. The smallest absolute Gasteiger partial charge is 0.143 e. The van der Waals surface area contributed by atoms with Crippen LogP contribution >= 0.6 is 0 Å². The van der Waals surface area contributed by atoms with E-state index in [1.165, 1.54) is 0 Å². The summed E-state index contributed by atoms with van der Waals surface area (Å²) in [5.74, 6) is 1.70. The van der Waals surface area contributed by atoms with Crippen LogP contribution in [-0.4, -0.2) is 5.78 Å². The maximum Gasteiger partial charge on any atom is 0.143 e. The van der Waals surface area contributed by atoms with Crippen LogP contribution in [0.25, 0.3) is 0 Å². The molecule has 3 atom stereocenters. The monoisotopic (exact) mass is 150 g/mol. The molecule has 1 saturated carbocycles. The summed E-state index contributed by atoms with van der Waals surface area (Å²) in [6, 6.07) is 0. The molecule has 1 heteroatoms. The van der Waals surface area contributed by atoms with Crippen LogP contribution in [0.3, 0.4) is 0 Å². The molecule has 11 heavy (non-hydrogen) atoms. The maximum atomic E-state index is 11.5. The lowest BCUT2D eigenvalue weighted by molar-refractivity contribution is -0.131. The van der Waals surface area contributed by atoms with Crippen LogP contribution in [-0.2, 0) is 4.79 Å². The number of carbonyl (C=O) groups is 1. The SMILES string of the molecule is CC1CC2(C)C=CC1CC2=O. The summed E-state index contributed by atoms with van der Waals surface area (Å²) in [5.41, 5.74) is -0.103. The van der Waals surface area contributed by atoms with Crippen LogP contribution < -0.4 is 0 Å². The Labute approximate surface area is 67.5 Å². The predicted octanol–water partition coefficient (Wildman–Crippen LogP) is 2.18. The summed E-state index contributed by atoms with van der Waals surface area (Å²) in [6.07, 6.45) is 6.19. The molecule has 0 aromatic heterocycles. The van der Waals surface area contributed by atoms with Gasteiger partial charge in [0, 0.05) is 11.8 Å². The largest absolute Gasteiger partial charge is 0.299 e. The van der Waals surface area contributed by atoms with Crippen molar-refractivity contribution in [1.82, 2.24) is 0 Å². The average Bonchev–Trinajstić information content (AvgIpc) is 1.92. The number of fused-ring (bicyclic) bond motifs is 2. The molecule has 3 unspecified atom stereocenters. The molecule has 3 aliphatic rings. The number of ketones is 1. The van der Waals surface area contributed by atoms with Crippen molar-refractivity contribution in [1.29, 1.82) is 0 Å². The predicted molar refractivity (Wildman–Crippen MR) is 44.1 cm³/mol. The van der Waals surface area contributed by atoms with E-state index in [1.807, 2.05) is 0 Å². The lowest BCUT2D eigenvalue weighted by atomic mass is 9.61. The molecule has 3 aliphatic carbocycles. The van der Waals surface area contributed by atoms with Crippen molar-refractivity contribution < 1.29 is 4.79 Å². The average molecular weight is 150 g/mol. The van der Waals surface area contributed by atoms with Crippen molar-refractivity contribution >= 4 is 5.78 Å². The Bertz CT molecular complexity index is 229. The van der Waals surface area contributed by atoms with Crippen LogP contribution in [0.5, 0.6) is 0 Å². The Balaban J connectivity index is 2.39. The molecular weight excluding hydrogens is 136 g/mol. The first-order chi connectivity index (χ1) is 5.12. The zero-order chi connectivity index (χ0) is 8.06. The van der Waals surface area contributed by atoms with Crippen molar-refractivity contribution in [3.05, 3.63) is 12.2 Å². The van der Waals surface area contributed by atoms with Crippen LogP contribution in [0, 0.1) is 17.3 Å². The molecule has 0 aromatic rings. The number of allylic oxidation sites excluding steroid dienone is 2. The van der Waals surface area contributed by atoms with Gasteiger partial charge >= 0.3 is 0 Å². The quantitative estimate of drug-likeness (QED) is 0.484. The van der Waals surface area contributed by atoms with Gasteiger partial charge in [0.15, 0.2) is 0 Å². The fourth-order valence-electron chi connectivity index (χ4n) is 2.34. The Morgan fingerprint density at radius 2 is 2.36 bits per heavy atom. The van der Waals surface area contributed by atoms with Gasteiger partial charge in [0.2, 0.25) is 0 Å². The van der Waals surface area contributed by atoms with E-state index in [0.29, 0.717) is 17.6 Å². The van der Waals surface area contributed by atoms with Crippen LogP contribution in [0.1, 0.15) is 26.7 Å². The van der Waals surface area contributed by atoms with Crippen molar-refractivity contribution in [2.24, 2.45) is 17.3 Å². The van der Waals surface area contributed by atoms with Gasteiger partial charge in [-0.25, -0.2) is 0 Å². The van der Waals surface area contributed by atoms with Gasteiger partial charge in [0.1, 0.15) is 5.78 Å². The van der Waals surface area contributed by atoms with Crippen LogP contribution in [0.2, 0.25) is 0 Å². The Hall–Kier alpha value is -0.590. The number of hydrogen-bond donors (Lipinski definition) is 0. The number of carbonyl (C=O) groups excluding carboxylic acids is 1. The first kappa shape index (κ1) is 7.08. The van der Waals surface area contributed by atoms with Crippen LogP contribution in [0.4, 0.5) is 0 Å². The van der Waals surface area contributed by atoms with E-state index < -0.39 is 0 Å². The molecule has 0 aromatic carbocycles. The van der Waals surface area contributed by atoms with Gasteiger partial charge in [-0.2, -0.15) is 0 Å². The Kier molecular flexibility index (Phi) is 1.26. The van der Waals surface area contributed by atoms with E-state index in [9.17, 15) is 4.79 Å². The minimum Gasteiger partial charge on any atom is -0.299 e. The third-order valence-corrected chi connectivity index (χ3v) is 3.25. The van der Waals surface area contributed by atoms with Crippen molar-refractivity contribution in [2.75, 3.05) is 0 Å². The highest BCUT2D eigenvalue weighted by Crippen LogP contribution is 2.45. The Morgan fingerprint density at radius 3 is 2.73 bits per heavy atom. The molecule has 0 radical (unpaired) electrons. The maximum absolute atomic E-state index is 11.5. The van der Waals surface area contributed by atoms with E-state index in [1.54, 1.807) is 0 Å². The van der Waals surface area contributed by atoms with Gasteiger partial charge in [-0.1, -0.05) is 19.1 Å². The fourth-order valence-corrected chi connectivity index (χ4v) is 2.34. The van der Waals surface area contributed by atoms with Gasteiger partial charge in [-0.05, 0) is 25.2 Å². The van der Waals surface area contributed by atoms with E-state index in [0.717, 1.165) is 12.8 Å². The fraction of sp³-hybridized carbons (Fsp3) is 0.700. The normalized spacial score (nSPS) is 48.4. The van der Waals surface area contributed by atoms with Gasteiger partial charge in [0.05, 0.1) is 0 Å². The second-order valence-electron chi connectivity index (χ2n) is 4.25. The highest BCUT2D eigenvalue weighted by molar-refractivity contribution is 5.88. The molecular formula is C10H14O. The zero-order valence-electron chi connectivity index (χ0n) is 7.13. The molecule has 3 rings (SSSR count). The van der Waals surface area contributed by atoms with Crippen molar-refractivity contribution in [2.45, 2.75) is 26.7 Å². The number of rotatable bonds is 0. The standard InChI is InChI=1S/C10H14O/c1-7-6-10(2)4-3-8(7)5-9(10)11/h3-4,7-8H,5-6H2,1-2H3. The molecule has 1 fully saturated rings. The number of Topliss-reactive ketones (excluding diaryl/α,β-unsaturated/α-hetero) is 1. The summed E-state index contributed by atoms with van der Waals surface area (Å²) < 4.78 is 0. The molecule has 1 nitrogen and oxygen atoms in total. The first-order valence-electron chi connectivity index (χ1n) is 4.34. The molecule has 2 bridgehead atoms. The molecule has 60 valence electrons. The van der Waals surface area contributed by atoms with Crippen LogP contribution in [0.15, 0.2) is 12.2 Å². The molecule has 0 saturated heterocycles. The first-order valence-corrected chi connectivity index (χ1v) is 4.34. The highest BCUT2D eigenvalue weighted by Gasteiger charge is 2.43. The highest BCUT2D eigenvalue weighted by atomic mass is 16.1. The minimum atomic E-state index is -0.103. The van der Waals surface area contributed by atoms with Gasteiger partial charge in [0.25, 0.3) is 0 Å². The Morgan fingerprint density at radius 1 is 1.64 bits per heavy atom. The summed E-state index contributed by atoms with van der Waals surface area (Å²) in [6.45, 7) is 4.32. The summed E-state index contributed by atoms with van der Waals surface area (Å²) >= 11 is 0. The second kappa shape index (κ2) is 1.96. The second-order valence-corrected chi connectivity index (χ2v) is 4.25. The van der Waals surface area contributed by atoms with E-state index in [2.05, 4.69) is 26.0 Å². The van der Waals surface area contributed by atoms with Crippen molar-refractivity contribution in [3.63, 3.8) is 0 Å². The van der Waals surface area contributed by atoms with E-state index in [-0.39, 0.29) is 5.41 Å². The minimum absolute atomic E-state index is 0.103. The van der Waals surface area contributed by atoms with E-state index >= 15 is 0 Å². The lowest BCUT2D eigenvalue weighted by Crippen LogP contribution is -2.40. The molecule has 0 N–H and O–H groups in total. The van der Waals surface area contributed by atoms with Crippen molar-refractivity contribution in [3.8, 4) is 0 Å². The molecule has 0 heterocycles. The summed E-state index contributed by atoms with van der Waals surface area (Å²) in [4.78, 5) is 11.5. The molecule has 0 spiro atoms. The summed E-state index contributed by atoms with van der Waals surface area (Å²) in [7, 11) is 0.